The average molecular weight is 330 g/mol. The maximum atomic E-state index is 12.2. The van der Waals surface area contributed by atoms with E-state index in [0.29, 0.717) is 4.80 Å². The summed E-state index contributed by atoms with van der Waals surface area (Å²) in [6.07, 6.45) is 2.41. The standard InChI is InChI=1S/C17H18N2O3S/c1-4-9-19-14-12(21-3)8-7-11(2)15(14)23-17(19)18-16(20)13-6-5-10-22-13/h5-8,10H,4,9H2,1-3H3. The Morgan fingerprint density at radius 3 is 2.87 bits per heavy atom. The van der Waals surface area contributed by atoms with E-state index in [1.54, 1.807) is 19.2 Å². The topological polar surface area (TPSA) is 56.7 Å². The highest BCUT2D eigenvalue weighted by atomic mass is 32.1. The Kier molecular flexibility index (Phi) is 4.34. The average Bonchev–Trinajstić information content (AvgIpc) is 3.18. The summed E-state index contributed by atoms with van der Waals surface area (Å²) in [6.45, 7) is 4.91. The van der Waals surface area contributed by atoms with Crippen molar-refractivity contribution in [2.45, 2.75) is 26.8 Å². The molecule has 1 amide bonds. The van der Waals surface area contributed by atoms with E-state index < -0.39 is 0 Å². The number of carbonyl (C=O) groups excluding carboxylic acids is 1. The number of ether oxygens (including phenoxy) is 1. The van der Waals surface area contributed by atoms with E-state index >= 15 is 0 Å². The van der Waals surface area contributed by atoms with E-state index in [-0.39, 0.29) is 11.7 Å². The van der Waals surface area contributed by atoms with Crippen molar-refractivity contribution >= 4 is 27.5 Å². The third-order valence-electron chi connectivity index (χ3n) is 3.58. The number of benzene rings is 1. The lowest BCUT2D eigenvalue weighted by atomic mass is 10.2. The number of amides is 1. The summed E-state index contributed by atoms with van der Waals surface area (Å²) in [5.41, 5.74) is 2.13. The number of fused-ring (bicyclic) bond motifs is 1. The van der Waals surface area contributed by atoms with Gasteiger partial charge in [-0.1, -0.05) is 24.3 Å². The largest absolute Gasteiger partial charge is 0.495 e. The van der Waals surface area contributed by atoms with Crippen LogP contribution in [0.4, 0.5) is 0 Å². The second-order valence-corrected chi connectivity index (χ2v) is 6.17. The molecular formula is C17H18N2O3S. The Balaban J connectivity index is 2.26. The Labute approximate surface area is 137 Å². The fourth-order valence-electron chi connectivity index (χ4n) is 2.50. The molecule has 3 rings (SSSR count). The van der Waals surface area contributed by atoms with Crippen molar-refractivity contribution in [3.8, 4) is 5.75 Å². The van der Waals surface area contributed by atoms with Gasteiger partial charge in [-0.2, -0.15) is 4.99 Å². The van der Waals surface area contributed by atoms with Crippen molar-refractivity contribution in [3.05, 3.63) is 46.7 Å². The lowest BCUT2D eigenvalue weighted by Gasteiger charge is -2.08. The molecule has 3 aromatic rings. The molecule has 0 atom stereocenters. The summed E-state index contributed by atoms with van der Waals surface area (Å²) in [5, 5.41) is 0. The van der Waals surface area contributed by atoms with E-state index in [1.807, 2.05) is 23.6 Å². The lowest BCUT2D eigenvalue weighted by Crippen LogP contribution is -2.17. The van der Waals surface area contributed by atoms with Crippen LogP contribution in [0.25, 0.3) is 10.2 Å². The van der Waals surface area contributed by atoms with Gasteiger partial charge in [-0.3, -0.25) is 4.79 Å². The third-order valence-corrected chi connectivity index (χ3v) is 4.80. The smallest absolute Gasteiger partial charge is 0.315 e. The van der Waals surface area contributed by atoms with Gasteiger partial charge < -0.3 is 13.7 Å². The van der Waals surface area contributed by atoms with Crippen molar-refractivity contribution in [1.82, 2.24) is 4.57 Å². The van der Waals surface area contributed by atoms with Crippen molar-refractivity contribution in [1.29, 1.82) is 0 Å². The van der Waals surface area contributed by atoms with Crippen LogP contribution in [0.1, 0.15) is 29.5 Å². The molecule has 0 spiro atoms. The van der Waals surface area contributed by atoms with Crippen molar-refractivity contribution in [3.63, 3.8) is 0 Å². The highest BCUT2D eigenvalue weighted by Gasteiger charge is 2.15. The molecule has 0 aliphatic carbocycles. The molecular weight excluding hydrogens is 312 g/mol. The molecule has 5 nitrogen and oxygen atoms in total. The summed E-state index contributed by atoms with van der Waals surface area (Å²) in [5.74, 6) is 0.666. The Bertz CT molecular complexity index is 904. The second kappa shape index (κ2) is 6.42. The number of aromatic nitrogens is 1. The zero-order valence-electron chi connectivity index (χ0n) is 13.3. The monoisotopic (exact) mass is 330 g/mol. The van der Waals surface area contributed by atoms with Gasteiger partial charge in [0.2, 0.25) is 0 Å². The lowest BCUT2D eigenvalue weighted by molar-refractivity contribution is 0.0971. The first kappa shape index (κ1) is 15.6. The quantitative estimate of drug-likeness (QED) is 0.732. The van der Waals surface area contributed by atoms with Gasteiger partial charge in [0, 0.05) is 6.54 Å². The first-order valence-electron chi connectivity index (χ1n) is 7.45. The third kappa shape index (κ3) is 2.82. The first-order valence-corrected chi connectivity index (χ1v) is 8.26. The maximum Gasteiger partial charge on any atom is 0.315 e. The van der Waals surface area contributed by atoms with Gasteiger partial charge >= 0.3 is 5.91 Å². The molecule has 0 radical (unpaired) electrons. The van der Waals surface area contributed by atoms with Crippen LogP contribution in [0, 0.1) is 6.92 Å². The Hall–Kier alpha value is -2.34. The molecule has 1 aromatic carbocycles. The highest BCUT2D eigenvalue weighted by Crippen LogP contribution is 2.30. The molecule has 120 valence electrons. The molecule has 0 saturated heterocycles. The molecule has 2 heterocycles. The van der Waals surface area contributed by atoms with Gasteiger partial charge in [-0.15, -0.1) is 0 Å². The number of rotatable bonds is 4. The number of hydrogen-bond acceptors (Lipinski definition) is 4. The first-order chi connectivity index (χ1) is 11.2. The van der Waals surface area contributed by atoms with Gasteiger partial charge in [-0.05, 0) is 37.1 Å². The summed E-state index contributed by atoms with van der Waals surface area (Å²) in [6, 6.07) is 7.27. The molecule has 2 aromatic heterocycles. The molecule has 0 aliphatic heterocycles. The number of methoxy groups -OCH3 is 1. The minimum absolute atomic E-state index is 0.245. The van der Waals surface area contributed by atoms with Gasteiger partial charge in [0.1, 0.15) is 11.3 Å². The number of nitrogens with zero attached hydrogens (tertiary/aromatic N) is 2. The van der Waals surface area contributed by atoms with Crippen LogP contribution in [-0.4, -0.2) is 17.6 Å². The summed E-state index contributed by atoms with van der Waals surface area (Å²) in [4.78, 5) is 17.2. The second-order valence-electron chi connectivity index (χ2n) is 5.19. The minimum Gasteiger partial charge on any atom is -0.495 e. The number of thiazole rings is 1. The van der Waals surface area contributed by atoms with E-state index in [0.717, 1.165) is 34.5 Å². The zero-order chi connectivity index (χ0) is 16.4. The Morgan fingerprint density at radius 2 is 2.22 bits per heavy atom. The molecule has 0 aliphatic rings. The number of carbonyl (C=O) groups is 1. The van der Waals surface area contributed by atoms with Crippen LogP contribution in [0.5, 0.6) is 5.75 Å². The molecule has 0 bridgehead atoms. The SMILES string of the molecule is CCCn1c(=NC(=O)c2ccco2)sc2c(C)ccc(OC)c21. The summed E-state index contributed by atoms with van der Waals surface area (Å²) in [7, 11) is 1.66. The van der Waals surface area contributed by atoms with Crippen molar-refractivity contribution in [2.24, 2.45) is 4.99 Å². The van der Waals surface area contributed by atoms with Gasteiger partial charge in [-0.25, -0.2) is 0 Å². The molecule has 0 fully saturated rings. The predicted molar refractivity (Wildman–Crippen MR) is 90.0 cm³/mol. The number of hydrogen-bond donors (Lipinski definition) is 0. The van der Waals surface area contributed by atoms with Gasteiger partial charge in [0.25, 0.3) is 0 Å². The van der Waals surface area contributed by atoms with E-state index in [1.165, 1.54) is 17.6 Å². The van der Waals surface area contributed by atoms with Crippen LogP contribution in [-0.2, 0) is 6.54 Å². The zero-order valence-corrected chi connectivity index (χ0v) is 14.1. The van der Waals surface area contributed by atoms with Crippen LogP contribution in [0.15, 0.2) is 39.9 Å². The summed E-state index contributed by atoms with van der Waals surface area (Å²) >= 11 is 1.50. The predicted octanol–water partition coefficient (Wildman–Crippen LogP) is 3.76. The molecule has 0 unspecified atom stereocenters. The van der Waals surface area contributed by atoms with Gasteiger partial charge in [0.05, 0.1) is 18.1 Å². The van der Waals surface area contributed by atoms with Crippen molar-refractivity contribution < 1.29 is 13.9 Å². The molecule has 0 saturated carbocycles. The fourth-order valence-corrected chi connectivity index (χ4v) is 3.64. The molecule has 0 N–H and O–H groups in total. The number of furan rings is 1. The van der Waals surface area contributed by atoms with Crippen molar-refractivity contribution in [2.75, 3.05) is 7.11 Å². The van der Waals surface area contributed by atoms with Crippen LogP contribution < -0.4 is 9.54 Å². The van der Waals surface area contributed by atoms with Gasteiger partial charge in [0.15, 0.2) is 10.6 Å². The van der Waals surface area contributed by atoms with E-state index in [9.17, 15) is 4.79 Å². The number of aryl methyl sites for hydroxylation is 2. The normalized spacial score (nSPS) is 12.0. The molecule has 23 heavy (non-hydrogen) atoms. The van der Waals surface area contributed by atoms with Crippen LogP contribution in [0.2, 0.25) is 0 Å². The maximum absolute atomic E-state index is 12.2. The van der Waals surface area contributed by atoms with Crippen LogP contribution in [0.3, 0.4) is 0 Å². The van der Waals surface area contributed by atoms with E-state index in [2.05, 4.69) is 11.9 Å². The van der Waals surface area contributed by atoms with Crippen LogP contribution >= 0.6 is 11.3 Å². The minimum atomic E-state index is -0.372. The summed E-state index contributed by atoms with van der Waals surface area (Å²) < 4.78 is 13.8. The fraction of sp³-hybridized carbons (Fsp3) is 0.294. The highest BCUT2D eigenvalue weighted by molar-refractivity contribution is 7.16. The van der Waals surface area contributed by atoms with E-state index in [4.69, 9.17) is 9.15 Å². The molecule has 6 heteroatoms. The Morgan fingerprint density at radius 1 is 1.39 bits per heavy atom.